The predicted octanol–water partition coefficient (Wildman–Crippen LogP) is 2.98. The molecule has 2 aromatic heterocycles. The number of methoxy groups -OCH3 is 1. The van der Waals surface area contributed by atoms with Crippen molar-refractivity contribution in [2.24, 2.45) is 0 Å². The van der Waals surface area contributed by atoms with Gasteiger partial charge in [-0.1, -0.05) is 19.1 Å². The molecule has 0 saturated carbocycles. The lowest BCUT2D eigenvalue weighted by atomic mass is 10.1. The zero-order valence-electron chi connectivity index (χ0n) is 17.3. The number of ether oxygens (including phenoxy) is 1. The van der Waals surface area contributed by atoms with E-state index < -0.39 is 0 Å². The predicted molar refractivity (Wildman–Crippen MR) is 115 cm³/mol. The standard InChI is InChI=1S/C22H30N6O/c1-3-26-10-12-27(13-11-26)8-5-9-28-17-25-21(22(28)20-15-23-16-24-20)18-6-4-7-19(14-18)29-2/h4,6-7,14-17H,3,5,8-13H2,1-2H3,(H,23,24). The maximum Gasteiger partial charge on any atom is 0.119 e. The molecule has 0 aliphatic carbocycles. The Morgan fingerprint density at radius 2 is 1.93 bits per heavy atom. The number of hydrogen-bond donors (Lipinski definition) is 1. The molecule has 0 unspecified atom stereocenters. The fraction of sp³-hybridized carbons (Fsp3) is 0.455. The third kappa shape index (κ3) is 4.52. The number of aromatic amines is 1. The second-order valence-corrected chi connectivity index (χ2v) is 7.46. The topological polar surface area (TPSA) is 62.2 Å². The van der Waals surface area contributed by atoms with Crippen molar-refractivity contribution in [1.82, 2.24) is 29.3 Å². The van der Waals surface area contributed by atoms with Crippen molar-refractivity contribution in [2.75, 3.05) is 46.4 Å². The SMILES string of the molecule is CCN1CCN(CCCn2cnc(-c3cccc(OC)c3)c2-c2cnc[nH]2)CC1. The molecule has 0 amide bonds. The van der Waals surface area contributed by atoms with Crippen molar-refractivity contribution in [3.63, 3.8) is 0 Å². The molecule has 0 bridgehead atoms. The van der Waals surface area contributed by atoms with Crippen LogP contribution < -0.4 is 4.74 Å². The summed E-state index contributed by atoms with van der Waals surface area (Å²) in [7, 11) is 1.69. The minimum absolute atomic E-state index is 0.832. The van der Waals surface area contributed by atoms with Gasteiger partial charge in [0.25, 0.3) is 0 Å². The van der Waals surface area contributed by atoms with Gasteiger partial charge in [-0.2, -0.15) is 0 Å². The average Bonchev–Trinajstić information content (AvgIpc) is 3.44. The van der Waals surface area contributed by atoms with Gasteiger partial charge in [-0.3, -0.25) is 0 Å². The van der Waals surface area contributed by atoms with Crippen LogP contribution in [0, 0.1) is 0 Å². The fourth-order valence-corrected chi connectivity index (χ4v) is 3.99. The summed E-state index contributed by atoms with van der Waals surface area (Å²) < 4.78 is 7.64. The number of nitrogens with one attached hydrogen (secondary N) is 1. The van der Waals surface area contributed by atoms with Crippen LogP contribution in [0.15, 0.2) is 43.1 Å². The summed E-state index contributed by atoms with van der Waals surface area (Å²) in [6.07, 6.45) is 6.62. The average molecular weight is 395 g/mol. The minimum atomic E-state index is 0.832. The van der Waals surface area contributed by atoms with Crippen molar-refractivity contribution < 1.29 is 4.74 Å². The van der Waals surface area contributed by atoms with Gasteiger partial charge >= 0.3 is 0 Å². The van der Waals surface area contributed by atoms with E-state index in [0.717, 1.165) is 54.4 Å². The molecule has 1 aliphatic rings. The highest BCUT2D eigenvalue weighted by Crippen LogP contribution is 2.31. The highest BCUT2D eigenvalue weighted by Gasteiger charge is 2.18. The molecule has 0 spiro atoms. The molecule has 0 atom stereocenters. The number of aryl methyl sites for hydroxylation is 1. The van der Waals surface area contributed by atoms with E-state index in [2.05, 4.69) is 37.3 Å². The van der Waals surface area contributed by atoms with Crippen LogP contribution in [0.5, 0.6) is 5.75 Å². The van der Waals surface area contributed by atoms with E-state index >= 15 is 0 Å². The Hall–Kier alpha value is -2.64. The monoisotopic (exact) mass is 394 g/mol. The number of hydrogen-bond acceptors (Lipinski definition) is 5. The van der Waals surface area contributed by atoms with Gasteiger partial charge in [-0.25, -0.2) is 9.97 Å². The molecule has 7 heteroatoms. The highest BCUT2D eigenvalue weighted by molar-refractivity contribution is 5.77. The molecule has 3 heterocycles. The number of likely N-dealkylation sites (N-methyl/N-ethyl adjacent to an activating group) is 1. The molecule has 1 saturated heterocycles. The minimum Gasteiger partial charge on any atom is -0.497 e. The van der Waals surface area contributed by atoms with Crippen LogP contribution in [0.1, 0.15) is 13.3 Å². The van der Waals surface area contributed by atoms with Gasteiger partial charge in [0.2, 0.25) is 0 Å². The zero-order chi connectivity index (χ0) is 20.1. The molecule has 1 aromatic carbocycles. The second kappa shape index (κ2) is 9.24. The van der Waals surface area contributed by atoms with E-state index in [4.69, 9.17) is 9.72 Å². The largest absolute Gasteiger partial charge is 0.497 e. The van der Waals surface area contributed by atoms with E-state index in [1.165, 1.54) is 26.2 Å². The summed E-state index contributed by atoms with van der Waals surface area (Å²) >= 11 is 0. The lowest BCUT2D eigenvalue weighted by Gasteiger charge is -2.34. The maximum atomic E-state index is 5.40. The van der Waals surface area contributed by atoms with E-state index in [1.807, 2.05) is 30.7 Å². The van der Waals surface area contributed by atoms with Crippen molar-refractivity contribution in [3.8, 4) is 28.4 Å². The van der Waals surface area contributed by atoms with Gasteiger partial charge in [-0.15, -0.1) is 0 Å². The zero-order valence-corrected chi connectivity index (χ0v) is 17.3. The van der Waals surface area contributed by atoms with Gasteiger partial charge in [-0.05, 0) is 31.6 Å². The molecule has 3 aromatic rings. The van der Waals surface area contributed by atoms with Crippen LogP contribution in [-0.2, 0) is 6.54 Å². The summed E-state index contributed by atoms with van der Waals surface area (Å²) in [6, 6.07) is 8.05. The van der Waals surface area contributed by atoms with Crippen LogP contribution >= 0.6 is 0 Å². The number of aromatic nitrogens is 4. The van der Waals surface area contributed by atoms with E-state index in [0.29, 0.717) is 0 Å². The number of benzene rings is 1. The van der Waals surface area contributed by atoms with Crippen molar-refractivity contribution >= 4 is 0 Å². The van der Waals surface area contributed by atoms with Gasteiger partial charge in [0.1, 0.15) is 5.75 Å². The van der Waals surface area contributed by atoms with Crippen molar-refractivity contribution in [2.45, 2.75) is 19.9 Å². The van der Waals surface area contributed by atoms with Crippen LogP contribution in [0.2, 0.25) is 0 Å². The third-order valence-electron chi connectivity index (χ3n) is 5.72. The Morgan fingerprint density at radius 1 is 1.10 bits per heavy atom. The quantitative estimate of drug-likeness (QED) is 0.636. The Balaban J connectivity index is 1.49. The van der Waals surface area contributed by atoms with Gasteiger partial charge in [0.15, 0.2) is 0 Å². The second-order valence-electron chi connectivity index (χ2n) is 7.46. The Kier molecular flexibility index (Phi) is 6.27. The Morgan fingerprint density at radius 3 is 2.66 bits per heavy atom. The first-order valence-electron chi connectivity index (χ1n) is 10.4. The summed E-state index contributed by atoms with van der Waals surface area (Å²) in [6.45, 7) is 10.1. The lowest BCUT2D eigenvalue weighted by molar-refractivity contribution is 0.135. The molecule has 1 N–H and O–H groups in total. The Labute approximate surface area is 172 Å². The van der Waals surface area contributed by atoms with Crippen LogP contribution in [0.3, 0.4) is 0 Å². The van der Waals surface area contributed by atoms with E-state index in [9.17, 15) is 0 Å². The van der Waals surface area contributed by atoms with Crippen LogP contribution in [0.25, 0.3) is 22.6 Å². The molecule has 1 aliphatic heterocycles. The maximum absolute atomic E-state index is 5.40. The highest BCUT2D eigenvalue weighted by atomic mass is 16.5. The molecular weight excluding hydrogens is 364 g/mol. The van der Waals surface area contributed by atoms with Crippen molar-refractivity contribution in [1.29, 1.82) is 0 Å². The number of rotatable bonds is 8. The number of nitrogens with zero attached hydrogens (tertiary/aromatic N) is 5. The molecule has 4 rings (SSSR count). The molecule has 154 valence electrons. The number of imidazole rings is 2. The normalized spacial score (nSPS) is 15.7. The summed E-state index contributed by atoms with van der Waals surface area (Å²) in [4.78, 5) is 17.3. The van der Waals surface area contributed by atoms with Crippen molar-refractivity contribution in [3.05, 3.63) is 43.1 Å². The first kappa shape index (κ1) is 19.7. The molecular formula is C22H30N6O. The van der Waals surface area contributed by atoms with Crippen LogP contribution in [0.4, 0.5) is 0 Å². The van der Waals surface area contributed by atoms with E-state index in [1.54, 1.807) is 13.4 Å². The third-order valence-corrected chi connectivity index (χ3v) is 5.72. The number of piperazine rings is 1. The van der Waals surface area contributed by atoms with Crippen LogP contribution in [-0.4, -0.2) is 75.7 Å². The Bertz CT molecular complexity index is 896. The first-order valence-corrected chi connectivity index (χ1v) is 10.4. The smallest absolute Gasteiger partial charge is 0.119 e. The van der Waals surface area contributed by atoms with Gasteiger partial charge in [0, 0.05) is 38.3 Å². The molecule has 1 fully saturated rings. The number of H-pyrrole nitrogens is 1. The van der Waals surface area contributed by atoms with Gasteiger partial charge < -0.3 is 24.1 Å². The van der Waals surface area contributed by atoms with E-state index in [-0.39, 0.29) is 0 Å². The van der Waals surface area contributed by atoms with Gasteiger partial charge in [0.05, 0.1) is 43.0 Å². The molecule has 7 nitrogen and oxygen atoms in total. The fourth-order valence-electron chi connectivity index (χ4n) is 3.99. The lowest BCUT2D eigenvalue weighted by Crippen LogP contribution is -2.46. The molecule has 0 radical (unpaired) electrons. The first-order chi connectivity index (χ1) is 14.3. The summed E-state index contributed by atoms with van der Waals surface area (Å²) in [5.41, 5.74) is 4.05. The summed E-state index contributed by atoms with van der Waals surface area (Å²) in [5, 5.41) is 0. The molecule has 29 heavy (non-hydrogen) atoms. The summed E-state index contributed by atoms with van der Waals surface area (Å²) in [5.74, 6) is 0.832.